The van der Waals surface area contributed by atoms with Gasteiger partial charge in [-0.3, -0.25) is 10.7 Å². The fourth-order valence-electron chi connectivity index (χ4n) is 1.45. The molecule has 1 aromatic carbocycles. The van der Waals surface area contributed by atoms with E-state index in [0.717, 1.165) is 18.4 Å². The van der Waals surface area contributed by atoms with Crippen molar-refractivity contribution in [2.45, 2.75) is 12.6 Å². The highest BCUT2D eigenvalue weighted by Gasteiger charge is 2.30. The van der Waals surface area contributed by atoms with Crippen molar-refractivity contribution in [2.75, 3.05) is 18.3 Å². The molecule has 0 aliphatic carbocycles. The highest BCUT2D eigenvalue weighted by molar-refractivity contribution is 7.88. The van der Waals surface area contributed by atoms with Gasteiger partial charge in [0.1, 0.15) is 0 Å². The number of nitrogens with one attached hydrogen (secondary N) is 2. The molecule has 0 fully saturated rings. The number of sulfonamides is 1. The molecule has 5 nitrogen and oxygen atoms in total. The van der Waals surface area contributed by atoms with Crippen LogP contribution in [0.25, 0.3) is 0 Å². The van der Waals surface area contributed by atoms with Crippen molar-refractivity contribution >= 4 is 15.7 Å². The molecule has 0 saturated carbocycles. The zero-order valence-corrected chi connectivity index (χ0v) is 10.8. The molecule has 0 radical (unpaired) electrons. The summed E-state index contributed by atoms with van der Waals surface area (Å²) in [5.41, 5.74) is 1.04. The highest BCUT2D eigenvalue weighted by Crippen LogP contribution is 2.32. The average Bonchev–Trinajstić information content (AvgIpc) is 2.26. The topological polar surface area (TPSA) is 78.4 Å². The van der Waals surface area contributed by atoms with Gasteiger partial charge in [-0.15, -0.1) is 0 Å². The zero-order chi connectivity index (χ0) is 14.7. The maximum atomic E-state index is 12.4. The monoisotopic (exact) mass is 298 g/mol. The van der Waals surface area contributed by atoms with Gasteiger partial charge >= 0.3 is 6.18 Å². The Bertz CT molecular complexity index is 543. The molecule has 19 heavy (non-hydrogen) atoms. The third-order valence-electron chi connectivity index (χ3n) is 2.32. The summed E-state index contributed by atoms with van der Waals surface area (Å²) in [6.07, 6.45) is -3.38. The molecule has 0 unspecified atom stereocenters. The number of alkyl halides is 3. The largest absolute Gasteiger partial charge is 0.416 e. The molecule has 108 valence electrons. The summed E-state index contributed by atoms with van der Waals surface area (Å²) >= 11 is 0. The Hall–Kier alpha value is -1.32. The smallest absolute Gasteiger partial charge is 0.291 e. The molecule has 9 heteroatoms. The zero-order valence-electron chi connectivity index (χ0n) is 9.95. The van der Waals surface area contributed by atoms with Crippen LogP contribution in [0.3, 0.4) is 0 Å². The SMILES string of the molecule is CS(=O)(=O)NCCc1ccc(C(F)(F)F)cc1NO. The molecular formula is C10H13F3N2O3S. The molecule has 0 heterocycles. The summed E-state index contributed by atoms with van der Waals surface area (Å²) in [4.78, 5) is 0. The van der Waals surface area contributed by atoms with Crippen molar-refractivity contribution in [1.82, 2.24) is 4.72 Å². The first-order valence-corrected chi connectivity index (χ1v) is 7.07. The van der Waals surface area contributed by atoms with Gasteiger partial charge in [0.15, 0.2) is 0 Å². The van der Waals surface area contributed by atoms with Crippen LogP contribution in [0, 0.1) is 0 Å². The van der Waals surface area contributed by atoms with Gasteiger partial charge in [-0.1, -0.05) is 6.07 Å². The molecule has 0 bridgehead atoms. The lowest BCUT2D eigenvalue weighted by Gasteiger charge is -2.12. The molecule has 0 atom stereocenters. The minimum absolute atomic E-state index is 0.0267. The van der Waals surface area contributed by atoms with Gasteiger partial charge in [0.2, 0.25) is 10.0 Å². The van der Waals surface area contributed by atoms with Crippen LogP contribution in [-0.4, -0.2) is 26.4 Å². The van der Waals surface area contributed by atoms with Crippen LogP contribution in [0.4, 0.5) is 18.9 Å². The lowest BCUT2D eigenvalue weighted by Crippen LogP contribution is -2.24. The predicted octanol–water partition coefficient (Wildman–Crippen LogP) is 1.60. The van der Waals surface area contributed by atoms with Crippen LogP contribution in [0.2, 0.25) is 0 Å². The van der Waals surface area contributed by atoms with Crippen LogP contribution < -0.4 is 10.2 Å². The van der Waals surface area contributed by atoms with E-state index in [1.54, 1.807) is 5.48 Å². The first-order chi connectivity index (χ1) is 8.63. The Morgan fingerprint density at radius 1 is 1.32 bits per heavy atom. The molecule has 0 amide bonds. The molecule has 0 spiro atoms. The number of hydrogen-bond acceptors (Lipinski definition) is 4. The number of halogens is 3. The van der Waals surface area contributed by atoms with E-state index in [0.29, 0.717) is 5.56 Å². The fourth-order valence-corrected chi connectivity index (χ4v) is 1.92. The van der Waals surface area contributed by atoms with Crippen molar-refractivity contribution in [3.05, 3.63) is 29.3 Å². The minimum atomic E-state index is -4.50. The second-order valence-corrected chi connectivity index (χ2v) is 5.73. The van der Waals surface area contributed by atoms with E-state index in [9.17, 15) is 21.6 Å². The van der Waals surface area contributed by atoms with Crippen LogP contribution in [0.15, 0.2) is 18.2 Å². The van der Waals surface area contributed by atoms with Gasteiger partial charge in [0, 0.05) is 6.54 Å². The Kier molecular flexibility index (Phi) is 4.77. The fraction of sp³-hybridized carbons (Fsp3) is 0.400. The normalized spacial score (nSPS) is 12.5. The van der Waals surface area contributed by atoms with E-state index in [2.05, 4.69) is 4.72 Å². The molecule has 1 rings (SSSR count). The highest BCUT2D eigenvalue weighted by atomic mass is 32.2. The third-order valence-corrected chi connectivity index (χ3v) is 3.04. The van der Waals surface area contributed by atoms with Gasteiger partial charge in [-0.2, -0.15) is 13.2 Å². The minimum Gasteiger partial charge on any atom is -0.291 e. The van der Waals surface area contributed by atoms with Crippen LogP contribution in [0.1, 0.15) is 11.1 Å². The summed E-state index contributed by atoms with van der Waals surface area (Å²) in [6.45, 7) is 0.0267. The molecular weight excluding hydrogens is 285 g/mol. The molecule has 0 aliphatic rings. The summed E-state index contributed by atoms with van der Waals surface area (Å²) in [5.74, 6) is 0. The van der Waals surface area contributed by atoms with Crippen molar-refractivity contribution < 1.29 is 26.8 Å². The predicted molar refractivity (Wildman–Crippen MR) is 63.4 cm³/mol. The summed E-state index contributed by atoms with van der Waals surface area (Å²) < 4.78 is 61.2. The summed E-state index contributed by atoms with van der Waals surface area (Å²) in [5, 5.41) is 8.81. The van der Waals surface area contributed by atoms with Gasteiger partial charge in [0.25, 0.3) is 0 Å². The number of hydrogen-bond donors (Lipinski definition) is 3. The van der Waals surface area contributed by atoms with Gasteiger partial charge in [0.05, 0.1) is 17.5 Å². The lowest BCUT2D eigenvalue weighted by molar-refractivity contribution is -0.137. The first kappa shape index (κ1) is 15.7. The second-order valence-electron chi connectivity index (χ2n) is 3.90. The van der Waals surface area contributed by atoms with E-state index in [4.69, 9.17) is 5.21 Å². The Morgan fingerprint density at radius 2 is 1.95 bits per heavy atom. The molecule has 0 aliphatic heterocycles. The Balaban J connectivity index is 2.85. The first-order valence-electron chi connectivity index (χ1n) is 5.18. The van der Waals surface area contributed by atoms with Crippen molar-refractivity contribution in [3.63, 3.8) is 0 Å². The number of benzene rings is 1. The van der Waals surface area contributed by atoms with Crippen molar-refractivity contribution in [2.24, 2.45) is 0 Å². The Labute approximate surface area is 108 Å². The molecule has 0 aromatic heterocycles. The van der Waals surface area contributed by atoms with E-state index < -0.39 is 21.8 Å². The molecule has 0 saturated heterocycles. The van der Waals surface area contributed by atoms with E-state index >= 15 is 0 Å². The molecule has 1 aromatic rings. The maximum Gasteiger partial charge on any atom is 0.416 e. The summed E-state index contributed by atoms with van der Waals surface area (Å²) in [7, 11) is -3.36. The van der Waals surface area contributed by atoms with Crippen molar-refractivity contribution in [3.8, 4) is 0 Å². The van der Waals surface area contributed by atoms with E-state index in [-0.39, 0.29) is 18.7 Å². The van der Waals surface area contributed by atoms with E-state index in [1.165, 1.54) is 6.07 Å². The van der Waals surface area contributed by atoms with Gasteiger partial charge < -0.3 is 0 Å². The lowest BCUT2D eigenvalue weighted by atomic mass is 10.1. The number of anilines is 1. The molecule has 3 N–H and O–H groups in total. The maximum absolute atomic E-state index is 12.4. The Morgan fingerprint density at radius 3 is 2.42 bits per heavy atom. The van der Waals surface area contributed by atoms with Crippen LogP contribution >= 0.6 is 0 Å². The quantitative estimate of drug-likeness (QED) is 0.722. The summed E-state index contributed by atoms with van der Waals surface area (Å²) in [6, 6.07) is 2.82. The standard InChI is InChI=1S/C10H13F3N2O3S/c1-19(17,18)14-5-4-7-2-3-8(10(11,12)13)6-9(7)15-16/h2-3,6,14-16H,4-5H2,1H3. The van der Waals surface area contributed by atoms with Gasteiger partial charge in [-0.05, 0) is 24.1 Å². The van der Waals surface area contributed by atoms with Crippen molar-refractivity contribution in [1.29, 1.82) is 0 Å². The third kappa shape index (κ3) is 5.05. The number of rotatable bonds is 5. The second kappa shape index (κ2) is 5.76. The van der Waals surface area contributed by atoms with Crippen LogP contribution in [-0.2, 0) is 22.6 Å². The average molecular weight is 298 g/mol. The van der Waals surface area contributed by atoms with E-state index in [1.807, 2.05) is 0 Å². The van der Waals surface area contributed by atoms with Gasteiger partial charge in [-0.25, -0.2) is 13.1 Å². The van der Waals surface area contributed by atoms with Crippen LogP contribution in [0.5, 0.6) is 0 Å².